The quantitative estimate of drug-likeness (QED) is 0.725. The molecule has 28 heavy (non-hydrogen) atoms. The van der Waals surface area contributed by atoms with Crippen molar-refractivity contribution in [1.29, 1.82) is 0 Å². The van der Waals surface area contributed by atoms with E-state index in [9.17, 15) is 18.3 Å². The highest BCUT2D eigenvalue weighted by Crippen LogP contribution is 2.46. The zero-order chi connectivity index (χ0) is 19.8. The van der Waals surface area contributed by atoms with E-state index in [1.807, 2.05) is 0 Å². The minimum Gasteiger partial charge on any atom is -0.391 e. The number of aliphatic hydroxyl groups is 1. The second kappa shape index (κ2) is 7.76. The summed E-state index contributed by atoms with van der Waals surface area (Å²) in [5, 5.41) is 10.4. The number of benzene rings is 1. The van der Waals surface area contributed by atoms with Crippen LogP contribution in [0.5, 0.6) is 0 Å². The fraction of sp³-hybridized carbons (Fsp3) is 0.571. The van der Waals surface area contributed by atoms with Gasteiger partial charge in [0.25, 0.3) is 0 Å². The number of alkyl halides is 3. The standard InChI is InChI=1S/C21H25F3N2OS/c22-21(23,24)16-5-3-15(4-6-16)19-25-17(18(14-27)28-19)13-26-11-9-20(10-12-26)7-1-2-8-20/h3-6,27H,1-2,7-14H2. The lowest BCUT2D eigenvalue weighted by Gasteiger charge is -2.39. The highest BCUT2D eigenvalue weighted by molar-refractivity contribution is 7.15. The molecule has 1 aromatic heterocycles. The molecule has 1 saturated heterocycles. The summed E-state index contributed by atoms with van der Waals surface area (Å²) in [6, 6.07) is 5.08. The first-order valence-corrected chi connectivity index (χ1v) is 10.7. The number of aliphatic hydroxyl groups excluding tert-OH is 1. The molecule has 0 atom stereocenters. The van der Waals surface area contributed by atoms with Gasteiger partial charge in [-0.2, -0.15) is 13.2 Å². The van der Waals surface area contributed by atoms with Gasteiger partial charge < -0.3 is 5.11 Å². The van der Waals surface area contributed by atoms with E-state index in [1.165, 1.54) is 62.0 Å². The molecule has 2 aromatic rings. The van der Waals surface area contributed by atoms with Crippen molar-refractivity contribution in [3.05, 3.63) is 40.4 Å². The Labute approximate surface area is 167 Å². The van der Waals surface area contributed by atoms with Crippen LogP contribution in [0, 0.1) is 5.41 Å². The van der Waals surface area contributed by atoms with Crippen molar-refractivity contribution >= 4 is 11.3 Å². The maximum atomic E-state index is 12.8. The number of piperidine rings is 1. The molecule has 0 unspecified atom stereocenters. The molecule has 2 fully saturated rings. The van der Waals surface area contributed by atoms with Crippen LogP contribution in [0.4, 0.5) is 13.2 Å². The molecule has 1 aromatic carbocycles. The van der Waals surface area contributed by atoms with Gasteiger partial charge in [-0.25, -0.2) is 4.98 Å². The molecule has 1 aliphatic carbocycles. The van der Waals surface area contributed by atoms with Gasteiger partial charge in [-0.15, -0.1) is 11.3 Å². The number of thiazole rings is 1. The van der Waals surface area contributed by atoms with E-state index in [0.29, 0.717) is 22.5 Å². The average Bonchev–Trinajstić information content (AvgIpc) is 3.30. The van der Waals surface area contributed by atoms with Crippen molar-refractivity contribution in [2.75, 3.05) is 13.1 Å². The first-order chi connectivity index (χ1) is 13.4. The van der Waals surface area contributed by atoms with Gasteiger partial charge in [0.1, 0.15) is 5.01 Å². The van der Waals surface area contributed by atoms with E-state index < -0.39 is 11.7 Å². The SMILES string of the molecule is OCc1sc(-c2ccc(C(F)(F)F)cc2)nc1CN1CCC2(CCCC2)CC1. The number of halogens is 3. The van der Waals surface area contributed by atoms with E-state index in [-0.39, 0.29) is 6.61 Å². The number of hydrogen-bond acceptors (Lipinski definition) is 4. The molecule has 1 N–H and O–H groups in total. The Morgan fingerprint density at radius 2 is 1.68 bits per heavy atom. The van der Waals surface area contributed by atoms with E-state index in [1.54, 1.807) is 0 Å². The van der Waals surface area contributed by atoms with E-state index in [0.717, 1.165) is 35.8 Å². The Bertz CT molecular complexity index is 800. The normalized spacial score (nSPS) is 20.1. The summed E-state index contributed by atoms with van der Waals surface area (Å²) in [7, 11) is 0. The third kappa shape index (κ3) is 4.11. The lowest BCUT2D eigenvalue weighted by molar-refractivity contribution is -0.137. The molecule has 7 heteroatoms. The Hall–Kier alpha value is -1.44. The van der Waals surface area contributed by atoms with E-state index in [4.69, 9.17) is 0 Å². The summed E-state index contributed by atoms with van der Waals surface area (Å²) in [5.41, 5.74) is 1.40. The van der Waals surface area contributed by atoms with Gasteiger partial charge in [0.2, 0.25) is 0 Å². The molecule has 2 aliphatic rings. The van der Waals surface area contributed by atoms with Gasteiger partial charge in [-0.1, -0.05) is 25.0 Å². The molecule has 4 rings (SSSR count). The van der Waals surface area contributed by atoms with Crippen molar-refractivity contribution in [2.24, 2.45) is 5.41 Å². The minimum absolute atomic E-state index is 0.0919. The van der Waals surface area contributed by atoms with Crippen LogP contribution in [0.15, 0.2) is 24.3 Å². The number of rotatable bonds is 4. The summed E-state index contributed by atoms with van der Waals surface area (Å²) in [6.45, 7) is 2.71. The molecular weight excluding hydrogens is 385 g/mol. The lowest BCUT2D eigenvalue weighted by Crippen LogP contribution is -2.38. The number of aromatic nitrogens is 1. The van der Waals surface area contributed by atoms with E-state index in [2.05, 4.69) is 9.88 Å². The Balaban J connectivity index is 1.46. The zero-order valence-corrected chi connectivity index (χ0v) is 16.6. The van der Waals surface area contributed by atoms with Gasteiger partial charge in [0, 0.05) is 12.1 Å². The molecule has 1 spiro atoms. The molecule has 152 valence electrons. The molecule has 2 heterocycles. The summed E-state index contributed by atoms with van der Waals surface area (Å²) in [6.07, 6.45) is 3.56. The Morgan fingerprint density at radius 3 is 2.25 bits per heavy atom. The second-order valence-corrected chi connectivity index (χ2v) is 9.19. The maximum Gasteiger partial charge on any atom is 0.416 e. The van der Waals surface area contributed by atoms with Crippen LogP contribution in [0.25, 0.3) is 10.6 Å². The lowest BCUT2D eigenvalue weighted by atomic mass is 9.77. The molecule has 0 radical (unpaired) electrons. The molecule has 1 aliphatic heterocycles. The average molecular weight is 411 g/mol. The first-order valence-electron chi connectivity index (χ1n) is 9.88. The van der Waals surface area contributed by atoms with Gasteiger partial charge in [0.15, 0.2) is 0 Å². The van der Waals surface area contributed by atoms with Crippen LogP contribution in [0.1, 0.15) is 54.7 Å². The highest BCUT2D eigenvalue weighted by atomic mass is 32.1. The topological polar surface area (TPSA) is 36.4 Å². The van der Waals surface area contributed by atoms with Crippen LogP contribution < -0.4 is 0 Å². The van der Waals surface area contributed by atoms with Crippen LogP contribution in [0.3, 0.4) is 0 Å². The monoisotopic (exact) mass is 410 g/mol. The van der Waals surface area contributed by atoms with E-state index >= 15 is 0 Å². The molecule has 3 nitrogen and oxygen atoms in total. The van der Waals surface area contributed by atoms with Gasteiger partial charge in [0.05, 0.1) is 22.7 Å². The van der Waals surface area contributed by atoms with Crippen LogP contribution in [-0.4, -0.2) is 28.1 Å². The Morgan fingerprint density at radius 1 is 1.04 bits per heavy atom. The highest BCUT2D eigenvalue weighted by Gasteiger charge is 2.37. The summed E-state index contributed by atoms with van der Waals surface area (Å²) in [5.74, 6) is 0. The number of likely N-dealkylation sites (tertiary alicyclic amines) is 1. The first kappa shape index (κ1) is 19.9. The summed E-state index contributed by atoms with van der Waals surface area (Å²) >= 11 is 1.36. The molecule has 0 amide bonds. The van der Waals surface area contributed by atoms with Crippen molar-refractivity contribution in [2.45, 2.75) is 57.9 Å². The fourth-order valence-electron chi connectivity index (χ4n) is 4.58. The van der Waals surface area contributed by atoms with Gasteiger partial charge >= 0.3 is 6.18 Å². The molecule has 1 saturated carbocycles. The smallest absolute Gasteiger partial charge is 0.391 e. The predicted molar refractivity (Wildman–Crippen MR) is 104 cm³/mol. The molecular formula is C21H25F3N2OS. The van der Waals surface area contributed by atoms with Crippen LogP contribution >= 0.6 is 11.3 Å². The fourth-order valence-corrected chi connectivity index (χ4v) is 5.51. The largest absolute Gasteiger partial charge is 0.416 e. The summed E-state index contributed by atoms with van der Waals surface area (Å²) in [4.78, 5) is 7.86. The van der Waals surface area contributed by atoms with Crippen LogP contribution in [-0.2, 0) is 19.3 Å². The van der Waals surface area contributed by atoms with Gasteiger partial charge in [-0.05, 0) is 56.3 Å². The zero-order valence-electron chi connectivity index (χ0n) is 15.8. The van der Waals surface area contributed by atoms with Gasteiger partial charge in [-0.3, -0.25) is 4.90 Å². The van der Waals surface area contributed by atoms with Crippen molar-refractivity contribution in [3.63, 3.8) is 0 Å². The Kier molecular flexibility index (Phi) is 5.51. The van der Waals surface area contributed by atoms with Crippen LogP contribution in [0.2, 0.25) is 0 Å². The maximum absolute atomic E-state index is 12.8. The third-order valence-corrected chi connectivity index (χ3v) is 7.47. The van der Waals surface area contributed by atoms with Crippen molar-refractivity contribution in [3.8, 4) is 10.6 Å². The third-order valence-electron chi connectivity index (χ3n) is 6.34. The molecule has 0 bridgehead atoms. The predicted octanol–water partition coefficient (Wildman–Crippen LogP) is 5.48. The van der Waals surface area contributed by atoms with Crippen molar-refractivity contribution in [1.82, 2.24) is 9.88 Å². The number of hydrogen-bond donors (Lipinski definition) is 1. The second-order valence-electron chi connectivity index (χ2n) is 8.11. The number of nitrogens with zero attached hydrogens (tertiary/aromatic N) is 2. The van der Waals surface area contributed by atoms with Crippen molar-refractivity contribution < 1.29 is 18.3 Å². The minimum atomic E-state index is -4.34. The summed E-state index contributed by atoms with van der Waals surface area (Å²) < 4.78 is 38.3.